The van der Waals surface area contributed by atoms with Crippen molar-refractivity contribution in [2.45, 2.75) is 19.8 Å². The maximum atomic E-state index is 12.7. The van der Waals surface area contributed by atoms with Crippen LogP contribution in [-0.2, 0) is 16.0 Å². The summed E-state index contributed by atoms with van der Waals surface area (Å²) in [4.78, 5) is 38.2. The van der Waals surface area contributed by atoms with Gasteiger partial charge in [0.2, 0.25) is 11.8 Å². The second-order valence-corrected chi connectivity index (χ2v) is 8.63. The number of anilines is 1. The van der Waals surface area contributed by atoms with Crippen LogP contribution in [0.5, 0.6) is 0 Å². The van der Waals surface area contributed by atoms with Gasteiger partial charge in [-0.15, -0.1) is 0 Å². The molecule has 0 aliphatic carbocycles. The van der Waals surface area contributed by atoms with Crippen LogP contribution < -0.4 is 4.90 Å². The molecule has 0 spiro atoms. The first-order chi connectivity index (χ1) is 15.6. The van der Waals surface area contributed by atoms with Gasteiger partial charge in [-0.3, -0.25) is 14.5 Å². The van der Waals surface area contributed by atoms with Crippen molar-refractivity contribution < 1.29 is 9.59 Å². The molecule has 2 aliphatic heterocycles. The van der Waals surface area contributed by atoms with E-state index in [1.54, 1.807) is 0 Å². The SMILES string of the molecule is Cc1ccccc1CC(=O)N1CCN(CCC(=O)N2CCN(c3ccccn3)CC2)CC1. The van der Waals surface area contributed by atoms with E-state index in [4.69, 9.17) is 0 Å². The van der Waals surface area contributed by atoms with E-state index in [9.17, 15) is 9.59 Å². The molecule has 2 aromatic rings. The highest BCUT2D eigenvalue weighted by Crippen LogP contribution is 2.14. The number of carbonyl (C=O) groups excluding carboxylic acids is 2. The number of benzene rings is 1. The Bertz CT molecular complexity index is 904. The molecule has 0 bridgehead atoms. The Hall–Kier alpha value is -2.93. The number of rotatable bonds is 6. The first kappa shape index (κ1) is 22.3. The Morgan fingerprint density at radius 2 is 1.47 bits per heavy atom. The number of piperazine rings is 2. The zero-order chi connectivity index (χ0) is 22.3. The van der Waals surface area contributed by atoms with Gasteiger partial charge in [-0.1, -0.05) is 30.3 Å². The van der Waals surface area contributed by atoms with Gasteiger partial charge in [0.15, 0.2) is 0 Å². The van der Waals surface area contributed by atoms with E-state index in [0.717, 1.165) is 70.3 Å². The Morgan fingerprint density at radius 1 is 0.812 bits per heavy atom. The number of pyridine rings is 1. The fourth-order valence-corrected chi connectivity index (χ4v) is 4.44. The average molecular weight is 436 g/mol. The maximum absolute atomic E-state index is 12.7. The molecule has 0 atom stereocenters. The minimum absolute atomic E-state index is 0.195. The van der Waals surface area contributed by atoms with Crippen LogP contribution in [0.3, 0.4) is 0 Å². The summed E-state index contributed by atoms with van der Waals surface area (Å²) in [7, 11) is 0. The number of nitrogens with zero attached hydrogens (tertiary/aromatic N) is 5. The summed E-state index contributed by atoms with van der Waals surface area (Å²) in [6.45, 7) is 9.10. The summed E-state index contributed by atoms with van der Waals surface area (Å²) in [5, 5.41) is 0. The monoisotopic (exact) mass is 435 g/mol. The van der Waals surface area contributed by atoms with E-state index in [1.807, 2.05) is 52.4 Å². The molecule has 2 amide bonds. The Morgan fingerprint density at radius 3 is 2.16 bits per heavy atom. The molecule has 7 heteroatoms. The van der Waals surface area contributed by atoms with Gasteiger partial charge in [0, 0.05) is 71.5 Å². The largest absolute Gasteiger partial charge is 0.353 e. The fraction of sp³-hybridized carbons (Fsp3) is 0.480. The predicted molar refractivity (Wildman–Crippen MR) is 126 cm³/mol. The van der Waals surface area contributed by atoms with Gasteiger partial charge in [0.05, 0.1) is 6.42 Å². The summed E-state index contributed by atoms with van der Waals surface area (Å²) < 4.78 is 0. The van der Waals surface area contributed by atoms with Gasteiger partial charge in [0.1, 0.15) is 5.82 Å². The van der Waals surface area contributed by atoms with Crippen molar-refractivity contribution in [2.24, 2.45) is 0 Å². The minimum Gasteiger partial charge on any atom is -0.353 e. The van der Waals surface area contributed by atoms with E-state index >= 15 is 0 Å². The van der Waals surface area contributed by atoms with E-state index in [1.165, 1.54) is 5.56 Å². The molecule has 2 aliphatic rings. The molecule has 0 saturated carbocycles. The van der Waals surface area contributed by atoms with Crippen molar-refractivity contribution in [3.05, 3.63) is 59.8 Å². The Labute approximate surface area is 190 Å². The van der Waals surface area contributed by atoms with Crippen molar-refractivity contribution in [2.75, 3.05) is 63.8 Å². The molecular formula is C25H33N5O2. The van der Waals surface area contributed by atoms with Gasteiger partial charge < -0.3 is 14.7 Å². The number of hydrogen-bond acceptors (Lipinski definition) is 5. The lowest BCUT2D eigenvalue weighted by atomic mass is 10.1. The molecule has 1 aromatic heterocycles. The second kappa shape index (κ2) is 10.6. The van der Waals surface area contributed by atoms with Crippen LogP contribution in [0.15, 0.2) is 48.7 Å². The predicted octanol–water partition coefficient (Wildman–Crippen LogP) is 1.82. The number of carbonyl (C=O) groups is 2. The van der Waals surface area contributed by atoms with Crippen LogP contribution in [0.1, 0.15) is 17.5 Å². The number of aryl methyl sites for hydroxylation is 1. The van der Waals surface area contributed by atoms with Crippen molar-refractivity contribution in [3.63, 3.8) is 0 Å². The van der Waals surface area contributed by atoms with Gasteiger partial charge in [0.25, 0.3) is 0 Å². The van der Waals surface area contributed by atoms with E-state index in [2.05, 4.69) is 27.8 Å². The molecule has 2 saturated heterocycles. The first-order valence-corrected chi connectivity index (χ1v) is 11.6. The summed E-state index contributed by atoms with van der Waals surface area (Å²) in [6, 6.07) is 14.0. The molecule has 0 unspecified atom stereocenters. The minimum atomic E-state index is 0.195. The van der Waals surface area contributed by atoms with Crippen molar-refractivity contribution >= 4 is 17.6 Å². The van der Waals surface area contributed by atoms with Crippen LogP contribution in [0.4, 0.5) is 5.82 Å². The molecule has 0 N–H and O–H groups in total. The fourth-order valence-electron chi connectivity index (χ4n) is 4.44. The molecule has 4 rings (SSSR count). The summed E-state index contributed by atoms with van der Waals surface area (Å²) >= 11 is 0. The third-order valence-corrected chi connectivity index (χ3v) is 6.58. The molecule has 7 nitrogen and oxygen atoms in total. The molecular weight excluding hydrogens is 402 g/mol. The third kappa shape index (κ3) is 5.65. The highest BCUT2D eigenvalue weighted by molar-refractivity contribution is 5.79. The van der Waals surface area contributed by atoms with Crippen LogP contribution in [-0.4, -0.2) is 90.4 Å². The quantitative estimate of drug-likeness (QED) is 0.693. The van der Waals surface area contributed by atoms with E-state index in [0.29, 0.717) is 12.8 Å². The molecule has 3 heterocycles. The summed E-state index contributed by atoms with van der Waals surface area (Å²) in [5.74, 6) is 1.40. The smallest absolute Gasteiger partial charge is 0.227 e. The van der Waals surface area contributed by atoms with E-state index < -0.39 is 0 Å². The standard InChI is InChI=1S/C25H33N5O2/c1-21-6-2-3-7-22(21)20-25(32)30-14-12-27(13-15-30)11-9-24(31)29-18-16-28(17-19-29)23-8-4-5-10-26-23/h2-8,10H,9,11-20H2,1H3. The topological polar surface area (TPSA) is 60.0 Å². The number of hydrogen-bond donors (Lipinski definition) is 0. The van der Waals surface area contributed by atoms with Gasteiger partial charge in [-0.05, 0) is 30.2 Å². The van der Waals surface area contributed by atoms with Gasteiger partial charge >= 0.3 is 0 Å². The van der Waals surface area contributed by atoms with Crippen LogP contribution in [0.2, 0.25) is 0 Å². The third-order valence-electron chi connectivity index (χ3n) is 6.58. The molecule has 1 aromatic carbocycles. The van der Waals surface area contributed by atoms with Crippen LogP contribution >= 0.6 is 0 Å². The van der Waals surface area contributed by atoms with Gasteiger partial charge in [-0.25, -0.2) is 4.98 Å². The Balaban J connectivity index is 1.16. The number of aromatic nitrogens is 1. The van der Waals surface area contributed by atoms with Crippen LogP contribution in [0, 0.1) is 6.92 Å². The molecule has 170 valence electrons. The Kier molecular flexibility index (Phi) is 7.37. The van der Waals surface area contributed by atoms with Gasteiger partial charge in [-0.2, -0.15) is 0 Å². The van der Waals surface area contributed by atoms with E-state index in [-0.39, 0.29) is 11.8 Å². The average Bonchev–Trinajstić information content (AvgIpc) is 2.85. The first-order valence-electron chi connectivity index (χ1n) is 11.6. The van der Waals surface area contributed by atoms with Crippen molar-refractivity contribution in [3.8, 4) is 0 Å². The van der Waals surface area contributed by atoms with Crippen molar-refractivity contribution in [1.82, 2.24) is 19.7 Å². The maximum Gasteiger partial charge on any atom is 0.227 e. The number of amides is 2. The van der Waals surface area contributed by atoms with Crippen LogP contribution in [0.25, 0.3) is 0 Å². The second-order valence-electron chi connectivity index (χ2n) is 8.63. The normalized spacial score (nSPS) is 17.5. The molecule has 32 heavy (non-hydrogen) atoms. The summed E-state index contributed by atoms with van der Waals surface area (Å²) in [5.41, 5.74) is 2.27. The highest BCUT2D eigenvalue weighted by atomic mass is 16.2. The van der Waals surface area contributed by atoms with Crippen molar-refractivity contribution in [1.29, 1.82) is 0 Å². The zero-order valence-corrected chi connectivity index (χ0v) is 18.9. The zero-order valence-electron chi connectivity index (χ0n) is 18.9. The summed E-state index contributed by atoms with van der Waals surface area (Å²) in [6.07, 6.45) is 2.82. The lowest BCUT2D eigenvalue weighted by Gasteiger charge is -2.37. The lowest BCUT2D eigenvalue weighted by Crippen LogP contribution is -2.51. The lowest BCUT2D eigenvalue weighted by molar-refractivity contribution is -0.134. The molecule has 0 radical (unpaired) electrons. The highest BCUT2D eigenvalue weighted by Gasteiger charge is 2.24. The molecule has 2 fully saturated rings.